The highest BCUT2D eigenvalue weighted by Gasteiger charge is 2.35. The number of amides is 1. The van der Waals surface area contributed by atoms with Gasteiger partial charge in [-0.1, -0.05) is 20.8 Å². The largest absolute Gasteiger partial charge is 0.434 e. The molecular formula is C15H22F3N3OS. The van der Waals surface area contributed by atoms with E-state index in [2.05, 4.69) is 10.3 Å². The molecule has 1 N–H and O–H groups in total. The quantitative estimate of drug-likeness (QED) is 0.909. The SMILES string of the molecule is CC(C)(C)SCC(=O)NC[C@H]1CCc2nc(C(F)(F)F)cn2C1. The van der Waals surface area contributed by atoms with E-state index in [4.69, 9.17) is 0 Å². The minimum Gasteiger partial charge on any atom is -0.355 e. The Labute approximate surface area is 138 Å². The monoisotopic (exact) mass is 349 g/mol. The third-order valence-corrected chi connectivity index (χ3v) is 4.88. The summed E-state index contributed by atoms with van der Waals surface area (Å²) < 4.78 is 39.6. The molecule has 130 valence electrons. The summed E-state index contributed by atoms with van der Waals surface area (Å²) in [5.74, 6) is 0.979. The molecule has 8 heteroatoms. The fourth-order valence-electron chi connectivity index (χ4n) is 2.41. The average molecular weight is 349 g/mol. The van der Waals surface area contributed by atoms with E-state index in [-0.39, 0.29) is 16.6 Å². The van der Waals surface area contributed by atoms with Gasteiger partial charge in [0.2, 0.25) is 5.91 Å². The van der Waals surface area contributed by atoms with Gasteiger partial charge in [0.1, 0.15) is 5.82 Å². The second kappa shape index (κ2) is 6.75. The van der Waals surface area contributed by atoms with Crippen molar-refractivity contribution in [2.24, 2.45) is 5.92 Å². The first-order valence-electron chi connectivity index (χ1n) is 7.58. The lowest BCUT2D eigenvalue weighted by Gasteiger charge is -2.24. The number of rotatable bonds is 4. The van der Waals surface area contributed by atoms with Gasteiger partial charge < -0.3 is 9.88 Å². The van der Waals surface area contributed by atoms with Crippen LogP contribution in [-0.2, 0) is 23.9 Å². The minimum absolute atomic E-state index is 0.0296. The van der Waals surface area contributed by atoms with Crippen LogP contribution in [0.3, 0.4) is 0 Å². The van der Waals surface area contributed by atoms with Gasteiger partial charge >= 0.3 is 6.18 Å². The number of thioether (sulfide) groups is 1. The highest BCUT2D eigenvalue weighted by Crippen LogP contribution is 2.30. The Morgan fingerprint density at radius 3 is 2.74 bits per heavy atom. The molecule has 23 heavy (non-hydrogen) atoms. The molecule has 4 nitrogen and oxygen atoms in total. The fourth-order valence-corrected chi connectivity index (χ4v) is 3.08. The highest BCUT2D eigenvalue weighted by molar-refractivity contribution is 8.01. The normalized spacial score (nSPS) is 18.6. The van der Waals surface area contributed by atoms with Gasteiger partial charge in [-0.3, -0.25) is 4.79 Å². The van der Waals surface area contributed by atoms with Crippen molar-refractivity contribution in [1.29, 1.82) is 0 Å². The van der Waals surface area contributed by atoms with Crippen LogP contribution in [0.2, 0.25) is 0 Å². The van der Waals surface area contributed by atoms with E-state index in [1.807, 2.05) is 20.8 Å². The lowest BCUT2D eigenvalue weighted by Crippen LogP contribution is -2.35. The number of carbonyl (C=O) groups excluding carboxylic acids is 1. The maximum Gasteiger partial charge on any atom is 0.434 e. The zero-order valence-corrected chi connectivity index (χ0v) is 14.4. The number of nitrogens with zero attached hydrogens (tertiary/aromatic N) is 2. The summed E-state index contributed by atoms with van der Waals surface area (Å²) in [7, 11) is 0. The van der Waals surface area contributed by atoms with Gasteiger partial charge in [0, 0.05) is 30.5 Å². The van der Waals surface area contributed by atoms with Crippen molar-refractivity contribution in [2.75, 3.05) is 12.3 Å². The Morgan fingerprint density at radius 2 is 2.13 bits per heavy atom. The second-order valence-electron chi connectivity index (χ2n) is 6.80. The van der Waals surface area contributed by atoms with Crippen molar-refractivity contribution in [3.05, 3.63) is 17.7 Å². The number of aromatic nitrogens is 2. The molecule has 0 fully saturated rings. The van der Waals surface area contributed by atoms with E-state index in [0.717, 1.165) is 12.6 Å². The summed E-state index contributed by atoms with van der Waals surface area (Å²) >= 11 is 1.57. The van der Waals surface area contributed by atoms with Crippen molar-refractivity contribution in [2.45, 2.75) is 51.1 Å². The number of carbonyl (C=O) groups is 1. The van der Waals surface area contributed by atoms with E-state index >= 15 is 0 Å². The van der Waals surface area contributed by atoms with Crippen molar-refractivity contribution in [3.8, 4) is 0 Å². The first-order chi connectivity index (χ1) is 10.5. The highest BCUT2D eigenvalue weighted by atomic mass is 32.2. The zero-order valence-electron chi connectivity index (χ0n) is 13.5. The second-order valence-corrected chi connectivity index (χ2v) is 8.60. The minimum atomic E-state index is -4.40. The lowest BCUT2D eigenvalue weighted by molar-refractivity contribution is -0.141. The van der Waals surface area contributed by atoms with Crippen LogP contribution in [0, 0.1) is 5.92 Å². The van der Waals surface area contributed by atoms with Crippen LogP contribution in [0.25, 0.3) is 0 Å². The molecule has 1 aromatic rings. The van der Waals surface area contributed by atoms with Crippen LogP contribution in [0.1, 0.15) is 38.7 Å². The smallest absolute Gasteiger partial charge is 0.355 e. The number of halogens is 3. The maximum atomic E-state index is 12.7. The Bertz CT molecular complexity index is 563. The number of fused-ring (bicyclic) bond motifs is 1. The number of nitrogens with one attached hydrogen (secondary N) is 1. The summed E-state index contributed by atoms with van der Waals surface area (Å²) in [6.45, 7) is 7.09. The van der Waals surface area contributed by atoms with Crippen LogP contribution in [-0.4, -0.2) is 32.5 Å². The maximum absolute atomic E-state index is 12.7. The molecule has 0 saturated heterocycles. The molecule has 0 saturated carbocycles. The molecule has 0 unspecified atom stereocenters. The zero-order chi connectivity index (χ0) is 17.3. The van der Waals surface area contributed by atoms with Crippen LogP contribution in [0.5, 0.6) is 0 Å². The van der Waals surface area contributed by atoms with Gasteiger partial charge in [0.05, 0.1) is 5.75 Å². The molecule has 1 amide bonds. The average Bonchev–Trinajstić information content (AvgIpc) is 2.85. The molecule has 0 spiro atoms. The van der Waals surface area contributed by atoms with E-state index in [0.29, 0.717) is 31.1 Å². The van der Waals surface area contributed by atoms with Crippen LogP contribution < -0.4 is 5.32 Å². The van der Waals surface area contributed by atoms with Crippen molar-refractivity contribution in [1.82, 2.24) is 14.9 Å². The lowest BCUT2D eigenvalue weighted by atomic mass is 9.99. The molecule has 1 atom stereocenters. The Morgan fingerprint density at radius 1 is 1.43 bits per heavy atom. The van der Waals surface area contributed by atoms with Crippen molar-refractivity contribution >= 4 is 17.7 Å². The Hall–Kier alpha value is -1.18. The van der Waals surface area contributed by atoms with E-state index in [9.17, 15) is 18.0 Å². The summed E-state index contributed by atoms with van der Waals surface area (Å²) in [5, 5.41) is 2.88. The molecule has 0 aromatic carbocycles. The van der Waals surface area contributed by atoms with Crippen LogP contribution in [0.15, 0.2) is 6.20 Å². The molecule has 1 aliphatic heterocycles. The van der Waals surface area contributed by atoms with Crippen LogP contribution >= 0.6 is 11.8 Å². The van der Waals surface area contributed by atoms with E-state index < -0.39 is 11.9 Å². The number of hydrogen-bond donors (Lipinski definition) is 1. The molecule has 0 radical (unpaired) electrons. The van der Waals surface area contributed by atoms with Crippen LogP contribution in [0.4, 0.5) is 13.2 Å². The predicted octanol–water partition coefficient (Wildman–Crippen LogP) is 3.11. The first kappa shape index (κ1) is 18.2. The molecule has 2 rings (SSSR count). The summed E-state index contributed by atoms with van der Waals surface area (Å²) in [4.78, 5) is 15.5. The Kier molecular flexibility index (Phi) is 5.33. The number of imidazole rings is 1. The third-order valence-electron chi connectivity index (χ3n) is 3.60. The summed E-state index contributed by atoms with van der Waals surface area (Å²) in [6, 6.07) is 0. The summed E-state index contributed by atoms with van der Waals surface area (Å²) in [6.07, 6.45) is -2.09. The third kappa shape index (κ3) is 5.44. The van der Waals surface area contributed by atoms with Gasteiger partial charge in [-0.05, 0) is 12.3 Å². The molecule has 1 aromatic heterocycles. The van der Waals surface area contributed by atoms with Gasteiger partial charge in [0.15, 0.2) is 5.69 Å². The molecular weight excluding hydrogens is 327 g/mol. The van der Waals surface area contributed by atoms with E-state index in [1.165, 1.54) is 0 Å². The molecule has 2 heterocycles. The molecule has 1 aliphatic rings. The Balaban J connectivity index is 1.83. The number of alkyl halides is 3. The van der Waals surface area contributed by atoms with Gasteiger partial charge in [-0.25, -0.2) is 4.98 Å². The molecule has 0 bridgehead atoms. The number of aryl methyl sites for hydroxylation is 1. The molecule has 0 aliphatic carbocycles. The first-order valence-corrected chi connectivity index (χ1v) is 8.57. The van der Waals surface area contributed by atoms with Crippen molar-refractivity contribution < 1.29 is 18.0 Å². The van der Waals surface area contributed by atoms with E-state index in [1.54, 1.807) is 16.3 Å². The standard InChI is InChI=1S/C15H22F3N3OS/c1-14(2,3)23-9-13(22)19-6-10-4-5-12-20-11(15(16,17)18)8-21(12)7-10/h8,10H,4-7,9H2,1-3H3,(H,19,22)/t10-/m1/s1. The predicted molar refractivity (Wildman–Crippen MR) is 84.3 cm³/mol. The number of hydrogen-bond acceptors (Lipinski definition) is 3. The summed E-state index contributed by atoms with van der Waals surface area (Å²) in [5.41, 5.74) is -0.834. The van der Waals surface area contributed by atoms with Crippen molar-refractivity contribution in [3.63, 3.8) is 0 Å². The van der Waals surface area contributed by atoms with Gasteiger partial charge in [-0.2, -0.15) is 13.2 Å². The van der Waals surface area contributed by atoms with Gasteiger partial charge in [0.25, 0.3) is 0 Å². The topological polar surface area (TPSA) is 46.9 Å². The fraction of sp³-hybridized carbons (Fsp3) is 0.733. The van der Waals surface area contributed by atoms with Gasteiger partial charge in [-0.15, -0.1) is 11.8 Å².